The molecule has 1 heterocycles. The highest BCUT2D eigenvalue weighted by molar-refractivity contribution is 5.98. The van der Waals surface area contributed by atoms with Gasteiger partial charge in [-0.3, -0.25) is 0 Å². The van der Waals surface area contributed by atoms with E-state index >= 15 is 0 Å². The quantitative estimate of drug-likeness (QED) is 0.331. The summed E-state index contributed by atoms with van der Waals surface area (Å²) in [6.45, 7) is 4.72. The van der Waals surface area contributed by atoms with Crippen molar-refractivity contribution in [3.05, 3.63) is 28.8 Å². The summed E-state index contributed by atoms with van der Waals surface area (Å²) in [7, 11) is 1.51. The van der Waals surface area contributed by atoms with Gasteiger partial charge in [-0.1, -0.05) is 0 Å². The maximum absolute atomic E-state index is 12.0. The molecule has 0 aromatic heterocycles. The van der Waals surface area contributed by atoms with Crippen LogP contribution in [0.3, 0.4) is 0 Å². The lowest BCUT2D eigenvalue weighted by Crippen LogP contribution is -2.11. The zero-order valence-corrected chi connectivity index (χ0v) is 14.1. The second-order valence-corrected chi connectivity index (χ2v) is 5.36. The maximum atomic E-state index is 12.0. The molecule has 1 atom stereocenters. The Morgan fingerprint density at radius 1 is 1.46 bits per heavy atom. The first kappa shape index (κ1) is 17.8. The van der Waals surface area contributed by atoms with Crippen LogP contribution in [0.4, 0.5) is 0 Å². The normalized spacial score (nSPS) is 16.1. The summed E-state index contributed by atoms with van der Waals surface area (Å²) in [5, 5.41) is 9.25. The van der Waals surface area contributed by atoms with Crippen molar-refractivity contribution in [2.24, 2.45) is 0 Å². The van der Waals surface area contributed by atoms with Crippen LogP contribution in [0.5, 0.6) is 11.5 Å². The van der Waals surface area contributed by atoms with Crippen LogP contribution in [0.2, 0.25) is 0 Å². The molecule has 0 spiro atoms. The third-order valence-electron chi connectivity index (χ3n) is 3.49. The second-order valence-electron chi connectivity index (χ2n) is 5.36. The molecule has 6 heteroatoms. The Balaban J connectivity index is 2.30. The first-order valence-corrected chi connectivity index (χ1v) is 7.83. The first-order valence-electron chi connectivity index (χ1n) is 7.83. The first-order chi connectivity index (χ1) is 11.6. The highest BCUT2D eigenvalue weighted by Crippen LogP contribution is 2.36. The third-order valence-corrected chi connectivity index (χ3v) is 3.49. The Morgan fingerprint density at radius 3 is 2.92 bits per heavy atom. The molecular weight excluding hydrogens is 310 g/mol. The fourth-order valence-electron chi connectivity index (χ4n) is 2.44. The summed E-state index contributed by atoms with van der Waals surface area (Å²) < 4.78 is 21.2. The molecule has 0 saturated heterocycles. The summed E-state index contributed by atoms with van der Waals surface area (Å²) in [5.41, 5.74) is 1.58. The van der Waals surface area contributed by atoms with Crippen LogP contribution in [-0.2, 0) is 20.7 Å². The van der Waals surface area contributed by atoms with Crippen molar-refractivity contribution in [1.29, 1.82) is 5.26 Å². The van der Waals surface area contributed by atoms with Crippen molar-refractivity contribution in [2.45, 2.75) is 26.4 Å². The zero-order chi connectivity index (χ0) is 17.5. The van der Waals surface area contributed by atoms with Gasteiger partial charge in [-0.15, -0.1) is 0 Å². The summed E-state index contributed by atoms with van der Waals surface area (Å²) in [6, 6.07) is 5.57. The van der Waals surface area contributed by atoms with E-state index in [0.717, 1.165) is 17.7 Å². The van der Waals surface area contributed by atoms with Crippen LogP contribution in [0, 0.1) is 11.3 Å². The van der Waals surface area contributed by atoms with Crippen molar-refractivity contribution in [3.63, 3.8) is 0 Å². The largest absolute Gasteiger partial charge is 0.493 e. The predicted octanol–water partition coefficient (Wildman–Crippen LogP) is 2.51. The van der Waals surface area contributed by atoms with E-state index in [1.807, 2.05) is 26.0 Å². The SMILES string of the molecule is CCOc1cc2c(cc1/C=C(\C#N)C(=O)OCCOC)O[C@@H](C)C2. The molecule has 1 aromatic carbocycles. The smallest absolute Gasteiger partial charge is 0.348 e. The molecule has 128 valence electrons. The Morgan fingerprint density at radius 2 is 2.25 bits per heavy atom. The van der Waals surface area contributed by atoms with E-state index in [-0.39, 0.29) is 24.9 Å². The molecule has 0 radical (unpaired) electrons. The van der Waals surface area contributed by atoms with Crippen LogP contribution in [0.25, 0.3) is 6.08 Å². The lowest BCUT2D eigenvalue weighted by atomic mass is 10.0. The number of rotatable bonds is 7. The molecule has 0 bridgehead atoms. The number of fused-ring (bicyclic) bond motifs is 1. The number of hydrogen-bond donors (Lipinski definition) is 0. The molecule has 0 saturated carbocycles. The molecule has 1 aliphatic rings. The number of nitrogens with zero attached hydrogens (tertiary/aromatic N) is 1. The molecule has 0 amide bonds. The number of benzene rings is 1. The summed E-state index contributed by atoms with van der Waals surface area (Å²) in [6.07, 6.45) is 2.37. The molecule has 24 heavy (non-hydrogen) atoms. The standard InChI is InChI=1S/C18H21NO5/c1-4-22-16-9-13-7-12(2)24-17(13)10-14(16)8-15(11-19)18(20)23-6-5-21-3/h8-10,12H,4-7H2,1-3H3/b15-8+/t12-/m0/s1. The van der Waals surface area contributed by atoms with E-state index in [4.69, 9.17) is 18.9 Å². The molecular formula is C18H21NO5. The number of carbonyl (C=O) groups excluding carboxylic acids is 1. The average molecular weight is 331 g/mol. The van der Waals surface area contributed by atoms with Gasteiger partial charge >= 0.3 is 5.97 Å². The number of methoxy groups -OCH3 is 1. The summed E-state index contributed by atoms with van der Waals surface area (Å²) in [4.78, 5) is 12.0. The minimum Gasteiger partial charge on any atom is -0.493 e. The van der Waals surface area contributed by atoms with E-state index in [1.165, 1.54) is 13.2 Å². The van der Waals surface area contributed by atoms with Gasteiger partial charge in [0, 0.05) is 24.7 Å². The lowest BCUT2D eigenvalue weighted by Gasteiger charge is -2.10. The molecule has 6 nitrogen and oxygen atoms in total. The predicted molar refractivity (Wildman–Crippen MR) is 87.8 cm³/mol. The second kappa shape index (κ2) is 8.37. The van der Waals surface area contributed by atoms with Crippen molar-refractivity contribution < 1.29 is 23.7 Å². The zero-order valence-electron chi connectivity index (χ0n) is 14.1. The summed E-state index contributed by atoms with van der Waals surface area (Å²) >= 11 is 0. The molecule has 1 aromatic rings. The number of hydrogen-bond acceptors (Lipinski definition) is 6. The monoisotopic (exact) mass is 331 g/mol. The van der Waals surface area contributed by atoms with Crippen LogP contribution < -0.4 is 9.47 Å². The van der Waals surface area contributed by atoms with Crippen LogP contribution in [0.1, 0.15) is 25.0 Å². The Labute approximate surface area is 141 Å². The average Bonchev–Trinajstić information content (AvgIpc) is 2.91. The fraction of sp³-hybridized carbons (Fsp3) is 0.444. The van der Waals surface area contributed by atoms with Gasteiger partial charge < -0.3 is 18.9 Å². The number of nitriles is 1. The lowest BCUT2D eigenvalue weighted by molar-refractivity contribution is -0.139. The van der Waals surface area contributed by atoms with Gasteiger partial charge in [-0.2, -0.15) is 5.26 Å². The van der Waals surface area contributed by atoms with E-state index in [0.29, 0.717) is 17.9 Å². The third kappa shape index (κ3) is 4.27. The number of ether oxygens (including phenoxy) is 4. The molecule has 0 aliphatic carbocycles. The number of carbonyl (C=O) groups is 1. The fourth-order valence-corrected chi connectivity index (χ4v) is 2.44. The van der Waals surface area contributed by atoms with Gasteiger partial charge in [0.1, 0.15) is 35.9 Å². The van der Waals surface area contributed by atoms with Crippen molar-refractivity contribution in [1.82, 2.24) is 0 Å². The highest BCUT2D eigenvalue weighted by Gasteiger charge is 2.22. The van der Waals surface area contributed by atoms with Gasteiger partial charge in [0.05, 0.1) is 13.2 Å². The Kier molecular flexibility index (Phi) is 6.21. The van der Waals surface area contributed by atoms with Crippen LogP contribution in [-0.4, -0.2) is 39.0 Å². The molecule has 2 rings (SSSR count). The maximum Gasteiger partial charge on any atom is 0.348 e. The Hall–Kier alpha value is -2.52. The van der Waals surface area contributed by atoms with E-state index in [9.17, 15) is 10.1 Å². The minimum absolute atomic E-state index is 0.0947. The van der Waals surface area contributed by atoms with Gasteiger partial charge in [0.25, 0.3) is 0 Å². The molecule has 1 aliphatic heterocycles. The molecule has 0 N–H and O–H groups in total. The van der Waals surface area contributed by atoms with Crippen LogP contribution >= 0.6 is 0 Å². The molecule has 0 fully saturated rings. The van der Waals surface area contributed by atoms with Crippen molar-refractivity contribution in [3.8, 4) is 17.6 Å². The molecule has 0 unspecified atom stereocenters. The van der Waals surface area contributed by atoms with E-state index < -0.39 is 5.97 Å². The summed E-state index contributed by atoms with van der Waals surface area (Å²) in [5.74, 6) is 0.681. The van der Waals surface area contributed by atoms with Crippen molar-refractivity contribution in [2.75, 3.05) is 26.9 Å². The van der Waals surface area contributed by atoms with Gasteiger partial charge in [-0.25, -0.2) is 4.79 Å². The van der Waals surface area contributed by atoms with Gasteiger partial charge in [0.15, 0.2) is 0 Å². The number of esters is 1. The van der Waals surface area contributed by atoms with E-state index in [2.05, 4.69) is 0 Å². The van der Waals surface area contributed by atoms with Gasteiger partial charge in [0.2, 0.25) is 0 Å². The Bertz CT molecular complexity index is 675. The van der Waals surface area contributed by atoms with Gasteiger partial charge in [-0.05, 0) is 32.1 Å². The highest BCUT2D eigenvalue weighted by atomic mass is 16.6. The van der Waals surface area contributed by atoms with Crippen molar-refractivity contribution >= 4 is 12.0 Å². The van der Waals surface area contributed by atoms with Crippen LogP contribution in [0.15, 0.2) is 17.7 Å². The topological polar surface area (TPSA) is 77.8 Å². The minimum atomic E-state index is -0.688. The van der Waals surface area contributed by atoms with E-state index in [1.54, 1.807) is 6.07 Å².